The third kappa shape index (κ3) is 4.10. The Bertz CT molecular complexity index is 1140. The van der Waals surface area contributed by atoms with E-state index >= 15 is 0 Å². The summed E-state index contributed by atoms with van der Waals surface area (Å²) in [7, 11) is 0. The second kappa shape index (κ2) is 8.06. The normalized spacial score (nSPS) is 10.8. The Morgan fingerprint density at radius 3 is 2.71 bits per heavy atom. The standard InChI is InChI=1S/C20H15ClN4O3/c21-15-6-4-5-14(13-15)19-22-20(28-24-19)17-9-10-18(26)25(23-17)11-12-27-16-7-2-1-3-8-16/h1-10,13H,11-12H2. The Hall–Kier alpha value is -3.45. The minimum atomic E-state index is -0.241. The predicted octanol–water partition coefficient (Wildman–Crippen LogP) is 3.69. The van der Waals surface area contributed by atoms with Crippen molar-refractivity contribution < 1.29 is 9.26 Å². The maximum Gasteiger partial charge on any atom is 0.278 e. The Balaban J connectivity index is 1.51. The average molecular weight is 395 g/mol. The molecule has 28 heavy (non-hydrogen) atoms. The maximum absolute atomic E-state index is 12.1. The van der Waals surface area contributed by atoms with Crippen molar-refractivity contribution in [3.8, 4) is 28.7 Å². The van der Waals surface area contributed by atoms with Gasteiger partial charge in [0.1, 0.15) is 18.1 Å². The molecule has 4 rings (SSSR count). The SMILES string of the molecule is O=c1ccc(-c2nc(-c3cccc(Cl)c3)no2)nn1CCOc1ccccc1. The molecular weight excluding hydrogens is 380 g/mol. The van der Waals surface area contributed by atoms with Crippen molar-refractivity contribution in [1.82, 2.24) is 19.9 Å². The lowest BCUT2D eigenvalue weighted by atomic mass is 10.2. The first kappa shape index (κ1) is 17.9. The van der Waals surface area contributed by atoms with Crippen molar-refractivity contribution >= 4 is 11.6 Å². The van der Waals surface area contributed by atoms with E-state index in [0.29, 0.717) is 23.1 Å². The zero-order valence-corrected chi connectivity index (χ0v) is 15.4. The quantitative estimate of drug-likeness (QED) is 0.496. The number of para-hydroxylation sites is 1. The number of ether oxygens (including phenoxy) is 1. The smallest absolute Gasteiger partial charge is 0.278 e. The number of benzene rings is 2. The molecule has 0 atom stereocenters. The molecule has 0 aliphatic heterocycles. The van der Waals surface area contributed by atoms with Crippen molar-refractivity contribution in [3.63, 3.8) is 0 Å². The van der Waals surface area contributed by atoms with E-state index in [4.69, 9.17) is 20.9 Å². The van der Waals surface area contributed by atoms with E-state index in [-0.39, 0.29) is 18.0 Å². The van der Waals surface area contributed by atoms with E-state index in [1.165, 1.54) is 10.7 Å². The first-order chi connectivity index (χ1) is 13.7. The number of hydrogen-bond donors (Lipinski definition) is 0. The molecule has 0 aliphatic rings. The highest BCUT2D eigenvalue weighted by Gasteiger charge is 2.13. The van der Waals surface area contributed by atoms with E-state index in [1.54, 1.807) is 24.3 Å². The summed E-state index contributed by atoms with van der Waals surface area (Å²) in [5.41, 5.74) is 0.891. The highest BCUT2D eigenvalue weighted by Crippen LogP contribution is 2.22. The van der Waals surface area contributed by atoms with Gasteiger partial charge in [-0.15, -0.1) is 0 Å². The zero-order valence-electron chi connectivity index (χ0n) is 14.7. The predicted molar refractivity (Wildman–Crippen MR) is 104 cm³/mol. The van der Waals surface area contributed by atoms with Crippen LogP contribution in [0.15, 0.2) is 76.0 Å². The molecule has 8 heteroatoms. The van der Waals surface area contributed by atoms with E-state index in [2.05, 4.69) is 15.2 Å². The van der Waals surface area contributed by atoms with Crippen molar-refractivity contribution in [3.05, 3.63) is 82.1 Å². The summed E-state index contributed by atoms with van der Waals surface area (Å²) in [6, 6.07) is 19.5. The zero-order chi connectivity index (χ0) is 19.3. The van der Waals surface area contributed by atoms with Crippen LogP contribution < -0.4 is 10.3 Å². The summed E-state index contributed by atoms with van der Waals surface area (Å²) in [5.74, 6) is 1.34. The second-order valence-electron chi connectivity index (χ2n) is 5.87. The monoisotopic (exact) mass is 394 g/mol. The Morgan fingerprint density at radius 2 is 1.89 bits per heavy atom. The molecule has 140 valence electrons. The molecule has 0 N–H and O–H groups in total. The van der Waals surface area contributed by atoms with Gasteiger partial charge in [-0.2, -0.15) is 10.1 Å². The molecular formula is C20H15ClN4O3. The third-order valence-electron chi connectivity index (χ3n) is 3.91. The molecule has 0 bridgehead atoms. The second-order valence-corrected chi connectivity index (χ2v) is 6.31. The lowest BCUT2D eigenvalue weighted by molar-refractivity contribution is 0.287. The minimum absolute atomic E-state index is 0.215. The van der Waals surface area contributed by atoms with Crippen molar-refractivity contribution in [2.75, 3.05) is 6.61 Å². The van der Waals surface area contributed by atoms with Crippen LogP contribution in [0.3, 0.4) is 0 Å². The topological polar surface area (TPSA) is 83.0 Å². The van der Waals surface area contributed by atoms with Gasteiger partial charge in [0.2, 0.25) is 5.82 Å². The number of nitrogens with zero attached hydrogens (tertiary/aromatic N) is 4. The molecule has 0 unspecified atom stereocenters. The summed E-state index contributed by atoms with van der Waals surface area (Å²) in [6.45, 7) is 0.592. The van der Waals surface area contributed by atoms with Gasteiger partial charge in [0.05, 0.1) is 6.54 Å². The summed E-state index contributed by atoms with van der Waals surface area (Å²) in [5, 5.41) is 8.84. The number of halogens is 1. The fourth-order valence-corrected chi connectivity index (χ4v) is 2.75. The van der Waals surface area contributed by atoms with Crippen LogP contribution >= 0.6 is 11.6 Å². The van der Waals surface area contributed by atoms with E-state index in [1.807, 2.05) is 36.4 Å². The summed E-state index contributed by atoms with van der Waals surface area (Å²) in [6.07, 6.45) is 0. The average Bonchev–Trinajstić information content (AvgIpc) is 3.20. The van der Waals surface area contributed by atoms with Crippen LogP contribution in [0, 0.1) is 0 Å². The number of hydrogen-bond acceptors (Lipinski definition) is 6. The first-order valence-corrected chi connectivity index (χ1v) is 8.93. The van der Waals surface area contributed by atoms with Crippen molar-refractivity contribution in [1.29, 1.82) is 0 Å². The largest absolute Gasteiger partial charge is 0.492 e. The molecule has 0 radical (unpaired) electrons. The lowest BCUT2D eigenvalue weighted by Crippen LogP contribution is -2.25. The van der Waals surface area contributed by atoms with Gasteiger partial charge in [0.15, 0.2) is 0 Å². The van der Waals surface area contributed by atoms with Crippen LogP contribution in [0.2, 0.25) is 5.02 Å². The van der Waals surface area contributed by atoms with Crippen LogP contribution in [0.5, 0.6) is 5.75 Å². The van der Waals surface area contributed by atoms with Gasteiger partial charge in [0.25, 0.3) is 11.4 Å². The third-order valence-corrected chi connectivity index (χ3v) is 4.14. The molecule has 2 heterocycles. The highest BCUT2D eigenvalue weighted by atomic mass is 35.5. The van der Waals surface area contributed by atoms with Gasteiger partial charge in [0, 0.05) is 16.7 Å². The van der Waals surface area contributed by atoms with Gasteiger partial charge < -0.3 is 9.26 Å². The van der Waals surface area contributed by atoms with Crippen LogP contribution in [-0.4, -0.2) is 26.5 Å². The Morgan fingerprint density at radius 1 is 1.04 bits per heavy atom. The van der Waals surface area contributed by atoms with Crippen LogP contribution in [0.1, 0.15) is 0 Å². The summed E-state index contributed by atoms with van der Waals surface area (Å²) in [4.78, 5) is 16.4. The van der Waals surface area contributed by atoms with E-state index in [9.17, 15) is 4.79 Å². The molecule has 2 aromatic heterocycles. The van der Waals surface area contributed by atoms with Gasteiger partial charge in [-0.1, -0.05) is 47.1 Å². The number of rotatable bonds is 6. The van der Waals surface area contributed by atoms with Gasteiger partial charge in [-0.25, -0.2) is 4.68 Å². The van der Waals surface area contributed by atoms with Gasteiger partial charge in [-0.3, -0.25) is 4.79 Å². The Labute approximate surface area is 165 Å². The molecule has 2 aromatic carbocycles. The summed E-state index contributed by atoms with van der Waals surface area (Å²) >= 11 is 6.00. The summed E-state index contributed by atoms with van der Waals surface area (Å²) < 4.78 is 12.2. The van der Waals surface area contributed by atoms with Crippen LogP contribution in [0.4, 0.5) is 0 Å². The molecule has 0 fully saturated rings. The molecule has 0 saturated carbocycles. The Kier molecular flexibility index (Phi) is 5.16. The van der Waals surface area contributed by atoms with Gasteiger partial charge in [-0.05, 0) is 30.3 Å². The minimum Gasteiger partial charge on any atom is -0.492 e. The number of aromatic nitrogens is 4. The first-order valence-electron chi connectivity index (χ1n) is 8.55. The van der Waals surface area contributed by atoms with Crippen LogP contribution in [-0.2, 0) is 6.54 Å². The molecule has 0 amide bonds. The fourth-order valence-electron chi connectivity index (χ4n) is 2.56. The van der Waals surface area contributed by atoms with Gasteiger partial charge >= 0.3 is 0 Å². The van der Waals surface area contributed by atoms with Crippen LogP contribution in [0.25, 0.3) is 23.0 Å². The van der Waals surface area contributed by atoms with Crippen molar-refractivity contribution in [2.45, 2.75) is 6.54 Å². The molecule has 7 nitrogen and oxygen atoms in total. The fraction of sp³-hybridized carbons (Fsp3) is 0.100. The molecule has 0 aliphatic carbocycles. The molecule has 0 saturated heterocycles. The molecule has 4 aromatic rings. The molecule has 0 spiro atoms. The maximum atomic E-state index is 12.1. The lowest BCUT2D eigenvalue weighted by Gasteiger charge is -2.07. The van der Waals surface area contributed by atoms with E-state index < -0.39 is 0 Å². The van der Waals surface area contributed by atoms with Crippen molar-refractivity contribution in [2.24, 2.45) is 0 Å². The highest BCUT2D eigenvalue weighted by molar-refractivity contribution is 6.30. The van der Waals surface area contributed by atoms with E-state index in [0.717, 1.165) is 11.3 Å².